The molecule has 2 heteroatoms. The summed E-state index contributed by atoms with van der Waals surface area (Å²) in [6, 6.07) is 19.4. The van der Waals surface area contributed by atoms with Crippen molar-refractivity contribution in [2.24, 2.45) is 0 Å². The van der Waals surface area contributed by atoms with Crippen LogP contribution in [0, 0.1) is 0 Å². The fourth-order valence-corrected chi connectivity index (χ4v) is 2.35. The van der Waals surface area contributed by atoms with Gasteiger partial charge in [0.15, 0.2) is 0 Å². The van der Waals surface area contributed by atoms with Gasteiger partial charge in [-0.05, 0) is 50.3 Å². The van der Waals surface area contributed by atoms with Crippen molar-refractivity contribution in [2.45, 2.75) is 13.0 Å². The van der Waals surface area contributed by atoms with Crippen LogP contribution in [0.25, 0.3) is 11.1 Å². The van der Waals surface area contributed by atoms with Crippen LogP contribution in [-0.4, -0.2) is 32.1 Å². The van der Waals surface area contributed by atoms with Gasteiger partial charge < -0.3 is 10.2 Å². The van der Waals surface area contributed by atoms with Crippen LogP contribution >= 0.6 is 0 Å². The molecular formula is C18H24N2. The first-order chi connectivity index (χ1) is 9.79. The Morgan fingerprint density at radius 2 is 1.55 bits per heavy atom. The molecule has 1 N–H and O–H groups in total. The molecule has 0 saturated heterocycles. The summed E-state index contributed by atoms with van der Waals surface area (Å²) < 4.78 is 0. The van der Waals surface area contributed by atoms with E-state index in [-0.39, 0.29) is 0 Å². The standard InChI is InChI=1S/C18H24N2/c1-19-13-6-14-20(2)15-16-9-11-18(12-10-16)17-7-4-3-5-8-17/h3-5,7-12,19H,6,13-15H2,1-2H3. The molecule has 2 nitrogen and oxygen atoms in total. The number of rotatable bonds is 7. The fourth-order valence-electron chi connectivity index (χ4n) is 2.35. The largest absolute Gasteiger partial charge is 0.320 e. The van der Waals surface area contributed by atoms with Crippen molar-refractivity contribution in [2.75, 3.05) is 27.2 Å². The molecular weight excluding hydrogens is 244 g/mol. The molecule has 2 aromatic carbocycles. The summed E-state index contributed by atoms with van der Waals surface area (Å²) in [4.78, 5) is 2.37. The zero-order valence-electron chi connectivity index (χ0n) is 12.5. The zero-order valence-corrected chi connectivity index (χ0v) is 12.5. The van der Waals surface area contributed by atoms with Crippen molar-refractivity contribution in [1.82, 2.24) is 10.2 Å². The van der Waals surface area contributed by atoms with Crippen molar-refractivity contribution in [3.05, 3.63) is 60.2 Å². The van der Waals surface area contributed by atoms with Gasteiger partial charge in [-0.3, -0.25) is 0 Å². The Morgan fingerprint density at radius 3 is 2.20 bits per heavy atom. The molecule has 0 fully saturated rings. The maximum Gasteiger partial charge on any atom is 0.0230 e. The molecule has 20 heavy (non-hydrogen) atoms. The topological polar surface area (TPSA) is 15.3 Å². The Kier molecular flexibility index (Phi) is 5.78. The molecule has 2 rings (SSSR count). The Morgan fingerprint density at radius 1 is 0.900 bits per heavy atom. The molecule has 0 aliphatic heterocycles. The highest BCUT2D eigenvalue weighted by atomic mass is 15.1. The molecule has 0 unspecified atom stereocenters. The summed E-state index contributed by atoms with van der Waals surface area (Å²) in [6.45, 7) is 3.22. The quantitative estimate of drug-likeness (QED) is 0.774. The summed E-state index contributed by atoms with van der Waals surface area (Å²) >= 11 is 0. The lowest BCUT2D eigenvalue weighted by Crippen LogP contribution is -2.22. The summed E-state index contributed by atoms with van der Waals surface area (Å²) in [6.07, 6.45) is 1.19. The van der Waals surface area contributed by atoms with Gasteiger partial charge >= 0.3 is 0 Å². The van der Waals surface area contributed by atoms with Gasteiger partial charge in [-0.15, -0.1) is 0 Å². The minimum absolute atomic E-state index is 1.01. The van der Waals surface area contributed by atoms with E-state index in [1.54, 1.807) is 0 Å². The Balaban J connectivity index is 1.92. The van der Waals surface area contributed by atoms with Crippen LogP contribution in [-0.2, 0) is 6.54 Å². The Labute approximate surface area is 122 Å². The predicted molar refractivity (Wildman–Crippen MR) is 86.8 cm³/mol. The lowest BCUT2D eigenvalue weighted by molar-refractivity contribution is 0.321. The first-order valence-electron chi connectivity index (χ1n) is 7.27. The molecule has 106 valence electrons. The summed E-state index contributed by atoms with van der Waals surface area (Å²) in [5.41, 5.74) is 3.94. The third-order valence-electron chi connectivity index (χ3n) is 3.48. The maximum atomic E-state index is 3.19. The second-order valence-electron chi connectivity index (χ2n) is 5.26. The average molecular weight is 268 g/mol. The Bertz CT molecular complexity index is 491. The van der Waals surface area contributed by atoms with Crippen LogP contribution in [0.15, 0.2) is 54.6 Å². The van der Waals surface area contributed by atoms with Crippen LogP contribution in [0.1, 0.15) is 12.0 Å². The van der Waals surface area contributed by atoms with Gasteiger partial charge in [-0.2, -0.15) is 0 Å². The van der Waals surface area contributed by atoms with E-state index < -0.39 is 0 Å². The minimum Gasteiger partial charge on any atom is -0.320 e. The van der Waals surface area contributed by atoms with E-state index in [4.69, 9.17) is 0 Å². The first kappa shape index (κ1) is 14.8. The zero-order chi connectivity index (χ0) is 14.2. The van der Waals surface area contributed by atoms with Gasteiger partial charge in [0.25, 0.3) is 0 Å². The van der Waals surface area contributed by atoms with E-state index in [1.807, 2.05) is 7.05 Å². The van der Waals surface area contributed by atoms with E-state index in [1.165, 1.54) is 23.1 Å². The smallest absolute Gasteiger partial charge is 0.0230 e. The molecule has 0 bridgehead atoms. The van der Waals surface area contributed by atoms with Crippen LogP contribution in [0.5, 0.6) is 0 Å². The first-order valence-corrected chi connectivity index (χ1v) is 7.27. The molecule has 0 amide bonds. The Hall–Kier alpha value is -1.64. The van der Waals surface area contributed by atoms with Gasteiger partial charge in [-0.1, -0.05) is 54.6 Å². The fraction of sp³-hybridized carbons (Fsp3) is 0.333. The van der Waals surface area contributed by atoms with Gasteiger partial charge in [0.2, 0.25) is 0 Å². The SMILES string of the molecule is CNCCCN(C)Cc1ccc(-c2ccccc2)cc1. The average Bonchev–Trinajstić information content (AvgIpc) is 2.49. The number of hydrogen-bond acceptors (Lipinski definition) is 2. The third kappa shape index (κ3) is 4.48. The molecule has 0 aliphatic rings. The maximum absolute atomic E-state index is 3.19. The molecule has 2 aromatic rings. The van der Waals surface area contributed by atoms with E-state index in [0.29, 0.717) is 0 Å². The summed E-state index contributed by atoms with van der Waals surface area (Å²) in [5.74, 6) is 0. The normalized spacial score (nSPS) is 10.9. The number of nitrogens with one attached hydrogen (secondary N) is 1. The van der Waals surface area contributed by atoms with E-state index >= 15 is 0 Å². The van der Waals surface area contributed by atoms with Gasteiger partial charge in [0.1, 0.15) is 0 Å². The lowest BCUT2D eigenvalue weighted by atomic mass is 10.0. The second-order valence-corrected chi connectivity index (χ2v) is 5.26. The highest BCUT2D eigenvalue weighted by Gasteiger charge is 2.01. The monoisotopic (exact) mass is 268 g/mol. The molecule has 0 saturated carbocycles. The lowest BCUT2D eigenvalue weighted by Gasteiger charge is -2.16. The molecule has 0 atom stereocenters. The van der Waals surface area contributed by atoms with Crippen molar-refractivity contribution >= 4 is 0 Å². The number of benzene rings is 2. The molecule has 0 aliphatic carbocycles. The van der Waals surface area contributed by atoms with Crippen LogP contribution in [0.2, 0.25) is 0 Å². The number of hydrogen-bond donors (Lipinski definition) is 1. The highest BCUT2D eigenvalue weighted by Crippen LogP contribution is 2.19. The molecule has 0 spiro atoms. The van der Waals surface area contributed by atoms with Crippen molar-refractivity contribution in [3.8, 4) is 11.1 Å². The molecule has 0 radical (unpaired) electrons. The number of nitrogens with zero attached hydrogens (tertiary/aromatic N) is 1. The molecule has 0 heterocycles. The summed E-state index contributed by atoms with van der Waals surface area (Å²) in [5, 5.41) is 3.19. The van der Waals surface area contributed by atoms with Crippen LogP contribution in [0.4, 0.5) is 0 Å². The van der Waals surface area contributed by atoms with E-state index in [0.717, 1.165) is 19.6 Å². The van der Waals surface area contributed by atoms with Crippen molar-refractivity contribution in [1.29, 1.82) is 0 Å². The van der Waals surface area contributed by atoms with Gasteiger partial charge in [0.05, 0.1) is 0 Å². The van der Waals surface area contributed by atoms with Crippen LogP contribution < -0.4 is 5.32 Å². The highest BCUT2D eigenvalue weighted by molar-refractivity contribution is 5.63. The van der Waals surface area contributed by atoms with Crippen molar-refractivity contribution < 1.29 is 0 Å². The third-order valence-corrected chi connectivity index (χ3v) is 3.48. The summed E-state index contributed by atoms with van der Waals surface area (Å²) in [7, 11) is 4.18. The van der Waals surface area contributed by atoms with Gasteiger partial charge in [0, 0.05) is 6.54 Å². The predicted octanol–water partition coefficient (Wildman–Crippen LogP) is 3.39. The van der Waals surface area contributed by atoms with E-state index in [9.17, 15) is 0 Å². The van der Waals surface area contributed by atoms with E-state index in [2.05, 4.69) is 71.9 Å². The van der Waals surface area contributed by atoms with Crippen LogP contribution in [0.3, 0.4) is 0 Å². The second kappa shape index (κ2) is 7.83. The molecule has 0 aromatic heterocycles. The minimum atomic E-state index is 1.01. The van der Waals surface area contributed by atoms with Crippen molar-refractivity contribution in [3.63, 3.8) is 0 Å². The van der Waals surface area contributed by atoms with Gasteiger partial charge in [-0.25, -0.2) is 0 Å².